The number of hydrogen-bond donors (Lipinski definition) is 2. The lowest BCUT2D eigenvalue weighted by Crippen LogP contribution is -2.04. The highest BCUT2D eigenvalue weighted by molar-refractivity contribution is 9.10. The molecule has 110 valence electrons. The van der Waals surface area contributed by atoms with Crippen LogP contribution in [0.2, 0.25) is 0 Å². The lowest BCUT2D eigenvalue weighted by molar-refractivity contribution is 0.0696. The predicted octanol–water partition coefficient (Wildman–Crippen LogP) is 4.55. The summed E-state index contributed by atoms with van der Waals surface area (Å²) in [5, 5.41) is 12.4. The van der Waals surface area contributed by atoms with Crippen LogP contribution in [0, 0.1) is 6.92 Å². The van der Waals surface area contributed by atoms with Gasteiger partial charge < -0.3 is 10.4 Å². The number of halogens is 1. The van der Waals surface area contributed by atoms with Crippen LogP contribution in [0.4, 0.5) is 11.5 Å². The molecular weight excluding hydrogens is 332 g/mol. The third kappa shape index (κ3) is 3.82. The molecule has 4 nitrogen and oxygen atoms in total. The van der Waals surface area contributed by atoms with E-state index in [1.807, 2.05) is 32.0 Å². The van der Waals surface area contributed by atoms with E-state index in [1.54, 1.807) is 12.1 Å². The van der Waals surface area contributed by atoms with Crippen molar-refractivity contribution in [1.29, 1.82) is 0 Å². The third-order valence-corrected chi connectivity index (χ3v) is 4.02. The van der Waals surface area contributed by atoms with E-state index in [9.17, 15) is 9.90 Å². The number of anilines is 2. The van der Waals surface area contributed by atoms with Crippen molar-refractivity contribution in [1.82, 2.24) is 4.98 Å². The lowest BCUT2D eigenvalue weighted by Gasteiger charge is -2.12. The number of aromatic nitrogens is 1. The second-order valence-corrected chi connectivity index (χ2v) is 5.68. The highest BCUT2D eigenvalue weighted by atomic mass is 79.9. The maximum atomic E-state index is 11.2. The van der Waals surface area contributed by atoms with Gasteiger partial charge in [-0.05, 0) is 43.2 Å². The molecule has 0 amide bonds. The van der Waals surface area contributed by atoms with Gasteiger partial charge in [0.1, 0.15) is 5.82 Å². The number of carbonyl (C=O) groups is 1. The summed E-state index contributed by atoms with van der Waals surface area (Å²) in [5.74, 6) is -0.386. The van der Waals surface area contributed by atoms with Crippen molar-refractivity contribution in [2.45, 2.75) is 26.7 Å². The molecular formula is C16H17BrN2O2. The minimum Gasteiger partial charge on any atom is -0.478 e. The first-order valence-electron chi connectivity index (χ1n) is 6.77. The summed E-state index contributed by atoms with van der Waals surface area (Å²) in [6.07, 6.45) is 1.68. The molecule has 0 bridgehead atoms. The molecule has 0 saturated carbocycles. The first kappa shape index (κ1) is 15.5. The topological polar surface area (TPSA) is 62.2 Å². The fraction of sp³-hybridized carbons (Fsp3) is 0.250. The van der Waals surface area contributed by atoms with E-state index >= 15 is 0 Å². The van der Waals surface area contributed by atoms with Crippen molar-refractivity contribution in [2.75, 3.05) is 5.32 Å². The Kier molecular flexibility index (Phi) is 4.96. The van der Waals surface area contributed by atoms with E-state index in [2.05, 4.69) is 26.2 Å². The Balaban J connectivity index is 2.38. The first-order chi connectivity index (χ1) is 10.0. The monoisotopic (exact) mass is 348 g/mol. The molecule has 2 aromatic rings. The number of carboxylic acid groups (broad SMARTS) is 1. The molecule has 21 heavy (non-hydrogen) atoms. The average molecular weight is 349 g/mol. The number of carboxylic acids is 1. The molecule has 0 aliphatic heterocycles. The summed E-state index contributed by atoms with van der Waals surface area (Å²) < 4.78 is 0.996. The zero-order chi connectivity index (χ0) is 15.4. The summed E-state index contributed by atoms with van der Waals surface area (Å²) in [5.41, 5.74) is 3.00. The summed E-state index contributed by atoms with van der Waals surface area (Å²) >= 11 is 3.48. The van der Waals surface area contributed by atoms with Gasteiger partial charge in [0.15, 0.2) is 0 Å². The maximum Gasteiger partial charge on any atom is 0.335 e. The summed E-state index contributed by atoms with van der Waals surface area (Å²) in [6, 6.07) is 9.01. The van der Waals surface area contributed by atoms with Crippen molar-refractivity contribution in [2.24, 2.45) is 0 Å². The van der Waals surface area contributed by atoms with Crippen LogP contribution in [0.15, 0.2) is 34.8 Å². The molecule has 5 heteroatoms. The SMILES string of the molecule is CCCc1cc(C(=O)O)cc(Nc2cccc(Br)c2C)n1. The van der Waals surface area contributed by atoms with Crippen LogP contribution < -0.4 is 5.32 Å². The fourth-order valence-corrected chi connectivity index (χ4v) is 2.41. The Hall–Kier alpha value is -1.88. The van der Waals surface area contributed by atoms with Gasteiger partial charge in [-0.15, -0.1) is 0 Å². The lowest BCUT2D eigenvalue weighted by atomic mass is 10.1. The zero-order valence-corrected chi connectivity index (χ0v) is 13.6. The van der Waals surface area contributed by atoms with Crippen LogP contribution in [-0.4, -0.2) is 16.1 Å². The van der Waals surface area contributed by atoms with Crippen LogP contribution >= 0.6 is 15.9 Å². The Morgan fingerprint density at radius 2 is 2.14 bits per heavy atom. The van der Waals surface area contributed by atoms with Gasteiger partial charge in [0, 0.05) is 15.9 Å². The average Bonchev–Trinajstić information content (AvgIpc) is 2.44. The number of aryl methyl sites for hydroxylation is 1. The molecule has 2 N–H and O–H groups in total. The van der Waals surface area contributed by atoms with E-state index in [0.717, 1.165) is 34.3 Å². The molecule has 0 aliphatic carbocycles. The Morgan fingerprint density at radius 1 is 1.38 bits per heavy atom. The minimum absolute atomic E-state index is 0.253. The second-order valence-electron chi connectivity index (χ2n) is 4.82. The molecule has 1 aromatic heterocycles. The number of pyridine rings is 1. The number of nitrogens with one attached hydrogen (secondary N) is 1. The normalized spacial score (nSPS) is 10.4. The minimum atomic E-state index is -0.941. The fourth-order valence-electron chi connectivity index (χ4n) is 2.04. The molecule has 1 aromatic carbocycles. The van der Waals surface area contributed by atoms with Gasteiger partial charge in [0.2, 0.25) is 0 Å². The quantitative estimate of drug-likeness (QED) is 0.832. The number of aromatic carboxylic acids is 1. The van der Waals surface area contributed by atoms with Gasteiger partial charge in [-0.2, -0.15) is 0 Å². The van der Waals surface area contributed by atoms with E-state index < -0.39 is 5.97 Å². The van der Waals surface area contributed by atoms with Crippen LogP contribution in [0.3, 0.4) is 0 Å². The van der Waals surface area contributed by atoms with Gasteiger partial charge in [0.05, 0.1) is 5.56 Å². The van der Waals surface area contributed by atoms with Crippen LogP contribution in [0.5, 0.6) is 0 Å². The molecule has 1 heterocycles. The second kappa shape index (κ2) is 6.72. The van der Waals surface area contributed by atoms with Gasteiger partial charge >= 0.3 is 5.97 Å². The van der Waals surface area contributed by atoms with Gasteiger partial charge in [-0.25, -0.2) is 9.78 Å². The highest BCUT2D eigenvalue weighted by Gasteiger charge is 2.10. The largest absolute Gasteiger partial charge is 0.478 e. The molecule has 0 atom stereocenters. The summed E-state index contributed by atoms with van der Waals surface area (Å²) in [6.45, 7) is 4.03. The van der Waals surface area contributed by atoms with E-state index in [1.165, 1.54) is 0 Å². The Bertz CT molecular complexity index is 671. The molecule has 0 aliphatic rings. The highest BCUT2D eigenvalue weighted by Crippen LogP contribution is 2.26. The number of rotatable bonds is 5. The van der Waals surface area contributed by atoms with Crippen LogP contribution in [0.1, 0.15) is 35.0 Å². The predicted molar refractivity (Wildman–Crippen MR) is 87.4 cm³/mol. The smallest absolute Gasteiger partial charge is 0.335 e. The van der Waals surface area contributed by atoms with Gasteiger partial charge in [-0.3, -0.25) is 0 Å². The van der Waals surface area contributed by atoms with Gasteiger partial charge in [-0.1, -0.05) is 35.3 Å². The van der Waals surface area contributed by atoms with Crippen molar-refractivity contribution in [3.8, 4) is 0 Å². The molecule has 0 spiro atoms. The number of benzene rings is 1. The first-order valence-corrected chi connectivity index (χ1v) is 7.57. The number of hydrogen-bond acceptors (Lipinski definition) is 3. The number of nitrogens with zero attached hydrogens (tertiary/aromatic N) is 1. The van der Waals surface area contributed by atoms with Crippen molar-refractivity contribution < 1.29 is 9.90 Å². The Labute approximate surface area is 132 Å². The van der Waals surface area contributed by atoms with Crippen molar-refractivity contribution in [3.63, 3.8) is 0 Å². The maximum absolute atomic E-state index is 11.2. The summed E-state index contributed by atoms with van der Waals surface area (Å²) in [4.78, 5) is 15.7. The molecule has 2 rings (SSSR count). The summed E-state index contributed by atoms with van der Waals surface area (Å²) in [7, 11) is 0. The molecule has 0 unspecified atom stereocenters. The van der Waals surface area contributed by atoms with Crippen molar-refractivity contribution >= 4 is 33.4 Å². The Morgan fingerprint density at radius 3 is 2.81 bits per heavy atom. The molecule has 0 saturated heterocycles. The van der Waals surface area contributed by atoms with E-state index in [-0.39, 0.29) is 5.56 Å². The van der Waals surface area contributed by atoms with E-state index in [0.29, 0.717) is 5.82 Å². The van der Waals surface area contributed by atoms with Crippen LogP contribution in [-0.2, 0) is 6.42 Å². The molecule has 0 radical (unpaired) electrons. The van der Waals surface area contributed by atoms with Crippen molar-refractivity contribution in [3.05, 3.63) is 51.6 Å². The van der Waals surface area contributed by atoms with Crippen LogP contribution in [0.25, 0.3) is 0 Å². The van der Waals surface area contributed by atoms with E-state index in [4.69, 9.17) is 0 Å². The molecule has 0 fully saturated rings. The van der Waals surface area contributed by atoms with Gasteiger partial charge in [0.25, 0.3) is 0 Å². The zero-order valence-electron chi connectivity index (χ0n) is 12.0. The standard InChI is InChI=1S/C16H17BrN2O2/c1-3-5-12-8-11(16(20)21)9-15(18-12)19-14-7-4-6-13(17)10(14)2/h4,6-9H,3,5H2,1-2H3,(H,18,19)(H,20,21). The third-order valence-electron chi connectivity index (χ3n) is 3.16.